The maximum Gasteiger partial charge on any atom is 0.338 e. The molecule has 0 saturated carbocycles. The second kappa shape index (κ2) is 8.90. The monoisotopic (exact) mass is 425 g/mol. The van der Waals surface area contributed by atoms with Crippen LogP contribution in [0.1, 0.15) is 29.7 Å². The Hall–Kier alpha value is -2.83. The third kappa shape index (κ3) is 4.35. The molecule has 0 fully saturated rings. The molecule has 2 heterocycles. The van der Waals surface area contributed by atoms with Crippen LogP contribution >= 0.6 is 11.6 Å². The summed E-state index contributed by atoms with van der Waals surface area (Å²) < 4.78 is 5.34. The second-order valence-corrected chi connectivity index (χ2v) is 7.86. The van der Waals surface area contributed by atoms with Crippen LogP contribution in [0, 0.1) is 0 Å². The van der Waals surface area contributed by atoms with E-state index in [4.69, 9.17) is 16.3 Å². The Morgan fingerprint density at radius 2 is 1.90 bits per heavy atom. The Bertz CT molecular complexity index is 987. The lowest BCUT2D eigenvalue weighted by Crippen LogP contribution is -2.49. The molecule has 0 saturated heterocycles. The normalized spacial score (nSPS) is 19.0. The van der Waals surface area contributed by atoms with Crippen molar-refractivity contribution in [2.45, 2.75) is 25.9 Å². The number of carbonyl (C=O) groups is 2. The van der Waals surface area contributed by atoms with Crippen LogP contribution in [0.15, 0.2) is 59.8 Å². The summed E-state index contributed by atoms with van der Waals surface area (Å²) in [5.74, 6) is -0.433. The highest BCUT2D eigenvalue weighted by molar-refractivity contribution is 6.30. The maximum atomic E-state index is 12.9. The number of esters is 1. The minimum atomic E-state index is -0.595. The maximum absolute atomic E-state index is 12.9. The summed E-state index contributed by atoms with van der Waals surface area (Å²) in [4.78, 5) is 27.6. The van der Waals surface area contributed by atoms with Crippen LogP contribution in [-0.2, 0) is 22.5 Å². The fourth-order valence-electron chi connectivity index (χ4n) is 4.01. The summed E-state index contributed by atoms with van der Waals surface area (Å²) in [6.45, 7) is 4.11. The first-order chi connectivity index (χ1) is 14.5. The Morgan fingerprint density at radius 1 is 1.17 bits per heavy atom. The van der Waals surface area contributed by atoms with Gasteiger partial charge < -0.3 is 15.4 Å². The van der Waals surface area contributed by atoms with Crippen molar-refractivity contribution >= 4 is 23.6 Å². The van der Waals surface area contributed by atoms with Gasteiger partial charge in [-0.3, -0.25) is 4.90 Å². The van der Waals surface area contributed by atoms with Gasteiger partial charge >= 0.3 is 12.0 Å². The molecule has 30 heavy (non-hydrogen) atoms. The minimum absolute atomic E-state index is 0.258. The van der Waals surface area contributed by atoms with Crippen LogP contribution in [0.5, 0.6) is 0 Å². The highest BCUT2D eigenvalue weighted by atomic mass is 35.5. The van der Waals surface area contributed by atoms with Gasteiger partial charge in [-0.15, -0.1) is 0 Å². The molecule has 2 aliphatic rings. The fourth-order valence-corrected chi connectivity index (χ4v) is 4.14. The molecule has 2 aliphatic heterocycles. The third-order valence-electron chi connectivity index (χ3n) is 5.44. The molecule has 2 N–H and O–H groups in total. The number of rotatable bonds is 5. The minimum Gasteiger partial charge on any atom is -0.463 e. The second-order valence-electron chi connectivity index (χ2n) is 7.43. The van der Waals surface area contributed by atoms with Gasteiger partial charge in [0.25, 0.3) is 0 Å². The fraction of sp³-hybridized carbons (Fsp3) is 0.304. The van der Waals surface area contributed by atoms with E-state index in [1.807, 2.05) is 18.2 Å². The molecule has 7 heteroatoms. The van der Waals surface area contributed by atoms with Gasteiger partial charge in [-0.05, 0) is 42.2 Å². The van der Waals surface area contributed by atoms with Crippen molar-refractivity contribution in [3.05, 3.63) is 81.5 Å². The van der Waals surface area contributed by atoms with Crippen molar-refractivity contribution in [3.63, 3.8) is 0 Å². The topological polar surface area (TPSA) is 70.7 Å². The summed E-state index contributed by atoms with van der Waals surface area (Å²) in [5.41, 5.74) is 4.41. The molecule has 1 atom stereocenters. The number of benzene rings is 2. The molecule has 0 spiro atoms. The SMILES string of the molecule is CCOC(=O)C1=C(CN2CCc3ccccc3C2)NC(=O)NC1c1ccc(Cl)cc1. The molecule has 2 amide bonds. The predicted molar refractivity (Wildman–Crippen MR) is 115 cm³/mol. The van der Waals surface area contributed by atoms with Crippen LogP contribution in [-0.4, -0.2) is 36.6 Å². The highest BCUT2D eigenvalue weighted by Crippen LogP contribution is 2.30. The standard InChI is InChI=1S/C23H24ClN3O3/c1-2-30-22(28)20-19(14-27-12-11-15-5-3-4-6-17(15)13-27)25-23(29)26-21(20)16-7-9-18(24)10-8-16/h3-10,21H,2,11-14H2,1H3,(H2,25,26,29). The summed E-state index contributed by atoms with van der Waals surface area (Å²) in [7, 11) is 0. The zero-order valence-corrected chi connectivity index (χ0v) is 17.5. The first-order valence-electron chi connectivity index (χ1n) is 10.1. The molecule has 4 rings (SSSR count). The number of nitrogens with one attached hydrogen (secondary N) is 2. The van der Waals surface area contributed by atoms with E-state index in [2.05, 4.69) is 33.7 Å². The number of ether oxygens (including phenoxy) is 1. The number of urea groups is 1. The Balaban J connectivity index is 1.67. The molecule has 0 bridgehead atoms. The molecule has 6 nitrogen and oxygen atoms in total. The quantitative estimate of drug-likeness (QED) is 0.718. The van der Waals surface area contributed by atoms with E-state index in [0.717, 1.165) is 25.1 Å². The Morgan fingerprint density at radius 3 is 2.63 bits per heavy atom. The number of fused-ring (bicyclic) bond motifs is 1. The lowest BCUT2D eigenvalue weighted by molar-refractivity contribution is -0.139. The van der Waals surface area contributed by atoms with Gasteiger partial charge in [0.2, 0.25) is 0 Å². The average Bonchev–Trinajstić information content (AvgIpc) is 2.74. The van der Waals surface area contributed by atoms with E-state index in [1.54, 1.807) is 19.1 Å². The van der Waals surface area contributed by atoms with Gasteiger partial charge in [0, 0.05) is 30.4 Å². The number of carbonyl (C=O) groups excluding carboxylic acids is 2. The van der Waals surface area contributed by atoms with Crippen LogP contribution in [0.3, 0.4) is 0 Å². The lowest BCUT2D eigenvalue weighted by atomic mass is 9.94. The Kier molecular flexibility index (Phi) is 6.06. The largest absolute Gasteiger partial charge is 0.463 e. The highest BCUT2D eigenvalue weighted by Gasteiger charge is 2.34. The van der Waals surface area contributed by atoms with Crippen molar-refractivity contribution in [1.29, 1.82) is 0 Å². The van der Waals surface area contributed by atoms with Gasteiger partial charge in [0.15, 0.2) is 0 Å². The molecule has 1 unspecified atom stereocenters. The molecule has 2 aromatic rings. The molecular formula is C23H24ClN3O3. The predicted octanol–water partition coefficient (Wildman–Crippen LogP) is 3.57. The van der Waals surface area contributed by atoms with E-state index in [9.17, 15) is 9.59 Å². The van der Waals surface area contributed by atoms with Crippen molar-refractivity contribution in [1.82, 2.24) is 15.5 Å². The smallest absolute Gasteiger partial charge is 0.338 e. The lowest BCUT2D eigenvalue weighted by Gasteiger charge is -2.34. The summed E-state index contributed by atoms with van der Waals surface area (Å²) in [5, 5.41) is 6.29. The van der Waals surface area contributed by atoms with Gasteiger partial charge in [-0.1, -0.05) is 48.0 Å². The van der Waals surface area contributed by atoms with E-state index >= 15 is 0 Å². The van der Waals surface area contributed by atoms with Gasteiger partial charge in [-0.25, -0.2) is 9.59 Å². The number of halogens is 1. The van der Waals surface area contributed by atoms with E-state index in [0.29, 0.717) is 22.8 Å². The molecule has 156 valence electrons. The van der Waals surface area contributed by atoms with E-state index in [1.165, 1.54) is 11.1 Å². The molecular weight excluding hydrogens is 402 g/mol. The van der Waals surface area contributed by atoms with Crippen molar-refractivity contribution in [3.8, 4) is 0 Å². The first-order valence-corrected chi connectivity index (χ1v) is 10.4. The van der Waals surface area contributed by atoms with Crippen molar-refractivity contribution < 1.29 is 14.3 Å². The number of hydrogen-bond acceptors (Lipinski definition) is 4. The van der Waals surface area contributed by atoms with E-state index in [-0.39, 0.29) is 12.6 Å². The molecule has 2 aromatic carbocycles. The number of hydrogen-bond donors (Lipinski definition) is 2. The molecule has 0 radical (unpaired) electrons. The van der Waals surface area contributed by atoms with Crippen LogP contribution in [0.25, 0.3) is 0 Å². The third-order valence-corrected chi connectivity index (χ3v) is 5.70. The zero-order chi connectivity index (χ0) is 21.1. The van der Waals surface area contributed by atoms with Crippen LogP contribution < -0.4 is 10.6 Å². The van der Waals surface area contributed by atoms with Gasteiger partial charge in [0.1, 0.15) is 0 Å². The summed E-state index contributed by atoms with van der Waals surface area (Å²) >= 11 is 6.02. The molecule has 0 aromatic heterocycles. The summed E-state index contributed by atoms with van der Waals surface area (Å²) in [6, 6.07) is 14.5. The van der Waals surface area contributed by atoms with Crippen LogP contribution in [0.4, 0.5) is 4.79 Å². The van der Waals surface area contributed by atoms with Gasteiger partial charge in [0.05, 0.1) is 18.2 Å². The van der Waals surface area contributed by atoms with Gasteiger partial charge in [-0.2, -0.15) is 0 Å². The van der Waals surface area contributed by atoms with Crippen molar-refractivity contribution in [2.24, 2.45) is 0 Å². The Labute approximate surface area is 180 Å². The first kappa shape index (κ1) is 20.4. The summed E-state index contributed by atoms with van der Waals surface area (Å²) in [6.07, 6.45) is 0.936. The van der Waals surface area contributed by atoms with Crippen molar-refractivity contribution in [2.75, 3.05) is 19.7 Å². The average molecular weight is 426 g/mol. The van der Waals surface area contributed by atoms with Crippen LogP contribution in [0.2, 0.25) is 5.02 Å². The molecule has 0 aliphatic carbocycles. The van der Waals surface area contributed by atoms with E-state index < -0.39 is 12.0 Å². The zero-order valence-electron chi connectivity index (χ0n) is 16.8. The number of nitrogens with zero attached hydrogens (tertiary/aromatic N) is 1. The number of amides is 2.